The zero-order valence-electron chi connectivity index (χ0n) is 10.7. The number of rotatable bonds is 5. The lowest BCUT2D eigenvalue weighted by molar-refractivity contribution is 0.104. The highest BCUT2D eigenvalue weighted by Gasteiger charge is 2.05. The van der Waals surface area contributed by atoms with Gasteiger partial charge < -0.3 is 10.5 Å². The smallest absolute Gasteiger partial charge is 0.128 e. The summed E-state index contributed by atoms with van der Waals surface area (Å²) in [5.74, 6) is -1.03. The first-order valence-corrected chi connectivity index (χ1v) is 6.01. The van der Waals surface area contributed by atoms with Crippen LogP contribution in [0, 0.1) is 17.0 Å². The fraction of sp³-hybridized carbons (Fsp3) is 0.133. The van der Waals surface area contributed by atoms with E-state index in [2.05, 4.69) is 0 Å². The average Bonchev–Trinajstić information content (AvgIpc) is 2.40. The van der Waals surface area contributed by atoms with Crippen LogP contribution in [0.25, 0.3) is 0 Å². The second kappa shape index (κ2) is 6.25. The van der Waals surface area contributed by atoms with Crippen LogP contribution < -0.4 is 5.73 Å². The Bertz CT molecular complexity index is 629. The van der Waals surface area contributed by atoms with Crippen molar-refractivity contribution in [1.29, 1.82) is 5.41 Å². The van der Waals surface area contributed by atoms with Gasteiger partial charge in [0.25, 0.3) is 0 Å². The molecule has 0 fully saturated rings. The first-order chi connectivity index (χ1) is 9.56. The van der Waals surface area contributed by atoms with Crippen molar-refractivity contribution < 1.29 is 13.5 Å². The maximum atomic E-state index is 13.4. The molecule has 3 nitrogen and oxygen atoms in total. The highest BCUT2D eigenvalue weighted by Crippen LogP contribution is 2.12. The van der Waals surface area contributed by atoms with E-state index < -0.39 is 5.82 Å². The molecule has 0 heterocycles. The van der Waals surface area contributed by atoms with Crippen LogP contribution in [0.1, 0.15) is 16.7 Å². The standard InChI is InChI=1S/C15H14F2N2O/c16-13-6-10(5-12(7-13)15(18)19)8-20-9-11-3-1-2-4-14(11)17/h1-7H,8-9H2,(H3,18,19). The van der Waals surface area contributed by atoms with Crippen molar-refractivity contribution in [3.05, 3.63) is 70.8 Å². The summed E-state index contributed by atoms with van der Waals surface area (Å²) in [6, 6.07) is 10.4. The molecule has 3 N–H and O–H groups in total. The van der Waals surface area contributed by atoms with Crippen molar-refractivity contribution in [3.8, 4) is 0 Å². The van der Waals surface area contributed by atoms with Crippen molar-refractivity contribution >= 4 is 5.84 Å². The molecule has 0 aromatic heterocycles. The van der Waals surface area contributed by atoms with E-state index in [0.29, 0.717) is 16.7 Å². The van der Waals surface area contributed by atoms with E-state index in [1.807, 2.05) is 0 Å². The van der Waals surface area contributed by atoms with Gasteiger partial charge in [-0.3, -0.25) is 5.41 Å². The zero-order chi connectivity index (χ0) is 14.5. The molecular weight excluding hydrogens is 262 g/mol. The summed E-state index contributed by atoms with van der Waals surface area (Å²) in [6.07, 6.45) is 0. The minimum absolute atomic E-state index is 0.0958. The molecule has 0 aliphatic carbocycles. The van der Waals surface area contributed by atoms with Gasteiger partial charge in [0.2, 0.25) is 0 Å². The van der Waals surface area contributed by atoms with Gasteiger partial charge in [0, 0.05) is 11.1 Å². The minimum Gasteiger partial charge on any atom is -0.384 e. The molecule has 2 aromatic rings. The van der Waals surface area contributed by atoms with Crippen LogP contribution in [0.5, 0.6) is 0 Å². The van der Waals surface area contributed by atoms with Crippen LogP contribution in [0.15, 0.2) is 42.5 Å². The second-order valence-electron chi connectivity index (χ2n) is 4.35. The molecule has 0 amide bonds. The van der Waals surface area contributed by atoms with E-state index in [4.69, 9.17) is 15.9 Å². The van der Waals surface area contributed by atoms with E-state index in [0.717, 1.165) is 0 Å². The number of nitrogens with two attached hydrogens (primary N) is 1. The molecule has 0 aliphatic heterocycles. The molecule has 0 atom stereocenters. The van der Waals surface area contributed by atoms with Crippen molar-refractivity contribution in [1.82, 2.24) is 0 Å². The fourth-order valence-electron chi connectivity index (χ4n) is 1.78. The Kier molecular flexibility index (Phi) is 4.42. The number of benzene rings is 2. The van der Waals surface area contributed by atoms with Gasteiger partial charge in [-0.2, -0.15) is 0 Å². The molecule has 2 aromatic carbocycles. The first-order valence-electron chi connectivity index (χ1n) is 6.01. The van der Waals surface area contributed by atoms with Gasteiger partial charge in [0.15, 0.2) is 0 Å². The highest BCUT2D eigenvalue weighted by molar-refractivity contribution is 5.95. The Balaban J connectivity index is 2.01. The highest BCUT2D eigenvalue weighted by atomic mass is 19.1. The number of nitrogen functional groups attached to an aromatic ring is 1. The number of halogens is 2. The van der Waals surface area contributed by atoms with Crippen LogP contribution in [-0.2, 0) is 18.0 Å². The lowest BCUT2D eigenvalue weighted by atomic mass is 10.1. The Morgan fingerprint density at radius 3 is 2.55 bits per heavy atom. The SMILES string of the molecule is N=C(N)c1cc(F)cc(COCc2ccccc2F)c1. The maximum Gasteiger partial charge on any atom is 0.128 e. The van der Waals surface area contributed by atoms with E-state index >= 15 is 0 Å². The lowest BCUT2D eigenvalue weighted by Crippen LogP contribution is -2.12. The number of amidine groups is 1. The van der Waals surface area contributed by atoms with Gasteiger partial charge in [-0.05, 0) is 29.8 Å². The average molecular weight is 276 g/mol. The predicted octanol–water partition coefficient (Wildman–Crippen LogP) is 2.97. The van der Waals surface area contributed by atoms with E-state index in [9.17, 15) is 8.78 Å². The van der Waals surface area contributed by atoms with Gasteiger partial charge >= 0.3 is 0 Å². The maximum absolute atomic E-state index is 13.4. The second-order valence-corrected chi connectivity index (χ2v) is 4.35. The van der Waals surface area contributed by atoms with Crippen LogP contribution in [-0.4, -0.2) is 5.84 Å². The molecule has 2 rings (SSSR count). The molecule has 0 spiro atoms. The number of nitrogens with one attached hydrogen (secondary N) is 1. The summed E-state index contributed by atoms with van der Waals surface area (Å²) in [5.41, 5.74) is 6.61. The molecule has 0 unspecified atom stereocenters. The molecule has 20 heavy (non-hydrogen) atoms. The number of hydrogen-bond donors (Lipinski definition) is 2. The molecule has 0 radical (unpaired) electrons. The summed E-state index contributed by atoms with van der Waals surface area (Å²) in [4.78, 5) is 0. The summed E-state index contributed by atoms with van der Waals surface area (Å²) in [7, 11) is 0. The number of hydrogen-bond acceptors (Lipinski definition) is 2. The molecule has 5 heteroatoms. The zero-order valence-corrected chi connectivity index (χ0v) is 10.7. The molecular formula is C15H14F2N2O. The van der Waals surface area contributed by atoms with E-state index in [1.54, 1.807) is 24.3 Å². The topological polar surface area (TPSA) is 59.1 Å². The van der Waals surface area contributed by atoms with Crippen LogP contribution in [0.2, 0.25) is 0 Å². The van der Waals surface area contributed by atoms with Crippen molar-refractivity contribution in [2.75, 3.05) is 0 Å². The Morgan fingerprint density at radius 2 is 1.85 bits per heavy atom. The monoisotopic (exact) mass is 276 g/mol. The normalized spacial score (nSPS) is 10.5. The lowest BCUT2D eigenvalue weighted by Gasteiger charge is -2.07. The number of ether oxygens (including phenoxy) is 1. The van der Waals surface area contributed by atoms with Crippen molar-refractivity contribution in [3.63, 3.8) is 0 Å². The Labute approximate surface area is 115 Å². The van der Waals surface area contributed by atoms with E-state index in [1.165, 1.54) is 18.2 Å². The van der Waals surface area contributed by atoms with Crippen LogP contribution in [0.3, 0.4) is 0 Å². The third-order valence-corrected chi connectivity index (χ3v) is 2.75. The third kappa shape index (κ3) is 3.61. The minimum atomic E-state index is -0.484. The third-order valence-electron chi connectivity index (χ3n) is 2.75. The molecule has 0 saturated heterocycles. The van der Waals surface area contributed by atoms with Gasteiger partial charge in [0.1, 0.15) is 17.5 Å². The van der Waals surface area contributed by atoms with Crippen LogP contribution >= 0.6 is 0 Å². The summed E-state index contributed by atoms with van der Waals surface area (Å²) in [6.45, 7) is 0.213. The summed E-state index contributed by atoms with van der Waals surface area (Å²) < 4.78 is 32.1. The molecule has 0 aliphatic rings. The summed E-state index contributed by atoms with van der Waals surface area (Å²) in [5, 5.41) is 7.29. The molecule has 104 valence electrons. The van der Waals surface area contributed by atoms with E-state index in [-0.39, 0.29) is 24.9 Å². The Hall–Kier alpha value is -2.27. The summed E-state index contributed by atoms with van der Waals surface area (Å²) >= 11 is 0. The van der Waals surface area contributed by atoms with Crippen molar-refractivity contribution in [2.24, 2.45) is 5.73 Å². The predicted molar refractivity (Wildman–Crippen MR) is 72.3 cm³/mol. The van der Waals surface area contributed by atoms with Gasteiger partial charge in [0.05, 0.1) is 13.2 Å². The first kappa shape index (κ1) is 14.1. The van der Waals surface area contributed by atoms with Crippen molar-refractivity contribution in [2.45, 2.75) is 13.2 Å². The Morgan fingerprint density at radius 1 is 1.10 bits per heavy atom. The molecule has 0 bridgehead atoms. The van der Waals surface area contributed by atoms with Gasteiger partial charge in [-0.15, -0.1) is 0 Å². The van der Waals surface area contributed by atoms with Crippen LogP contribution in [0.4, 0.5) is 8.78 Å². The van der Waals surface area contributed by atoms with Gasteiger partial charge in [-0.25, -0.2) is 8.78 Å². The largest absolute Gasteiger partial charge is 0.384 e. The van der Waals surface area contributed by atoms with Gasteiger partial charge in [-0.1, -0.05) is 18.2 Å². The quantitative estimate of drug-likeness (QED) is 0.651. The molecule has 0 saturated carbocycles. The fourth-order valence-corrected chi connectivity index (χ4v) is 1.78.